The minimum atomic E-state index is -0.514. The van der Waals surface area contributed by atoms with Crippen LogP contribution in [0.2, 0.25) is 0 Å². The summed E-state index contributed by atoms with van der Waals surface area (Å²) in [5.74, 6) is -0.338. The van der Waals surface area contributed by atoms with Gasteiger partial charge in [0.25, 0.3) is 0 Å². The van der Waals surface area contributed by atoms with Crippen molar-refractivity contribution in [3.05, 3.63) is 0 Å². The van der Waals surface area contributed by atoms with Gasteiger partial charge in [-0.3, -0.25) is 4.79 Å². The normalized spacial score (nSPS) is 14.0. The van der Waals surface area contributed by atoms with Crippen molar-refractivity contribution in [2.75, 3.05) is 7.11 Å². The molecule has 0 rings (SSSR count). The number of esters is 1. The average molecular weight is 229 g/mol. The van der Waals surface area contributed by atoms with E-state index < -0.39 is 6.04 Å². The van der Waals surface area contributed by atoms with E-state index in [0.29, 0.717) is 6.42 Å². The van der Waals surface area contributed by atoms with E-state index in [4.69, 9.17) is 0 Å². The number of hydrogen-bond donors (Lipinski definition) is 1. The van der Waals surface area contributed by atoms with Crippen LogP contribution in [0.25, 0.3) is 0 Å². The van der Waals surface area contributed by atoms with E-state index in [2.05, 4.69) is 10.1 Å². The second-order valence-electron chi connectivity index (χ2n) is 4.06. The molecule has 0 radical (unpaired) electrons. The third-order valence-corrected chi connectivity index (χ3v) is 2.74. The molecule has 0 saturated carbocycles. The summed E-state index contributed by atoms with van der Waals surface area (Å²) in [4.78, 5) is 23.0. The lowest BCUT2D eigenvalue weighted by atomic mass is 9.99. The van der Waals surface area contributed by atoms with Crippen molar-refractivity contribution < 1.29 is 14.3 Å². The Morgan fingerprint density at radius 3 is 2.38 bits per heavy atom. The zero-order valence-corrected chi connectivity index (χ0v) is 10.7. The standard InChI is InChI=1S/C12H23NO3/c1-5-7-8-10(14)13-11(9(3)6-2)12(15)16-4/h9,11H,5-8H2,1-4H3,(H,13,14). The minimum Gasteiger partial charge on any atom is -0.467 e. The van der Waals surface area contributed by atoms with Crippen molar-refractivity contribution >= 4 is 11.9 Å². The monoisotopic (exact) mass is 229 g/mol. The number of ether oxygens (including phenoxy) is 1. The van der Waals surface area contributed by atoms with E-state index in [9.17, 15) is 9.59 Å². The molecule has 94 valence electrons. The highest BCUT2D eigenvalue weighted by atomic mass is 16.5. The van der Waals surface area contributed by atoms with Crippen LogP contribution in [0.3, 0.4) is 0 Å². The molecule has 2 atom stereocenters. The smallest absolute Gasteiger partial charge is 0.328 e. The molecule has 0 heterocycles. The van der Waals surface area contributed by atoms with Crippen LogP contribution in [0.4, 0.5) is 0 Å². The van der Waals surface area contributed by atoms with Crippen LogP contribution in [0.15, 0.2) is 0 Å². The number of carbonyl (C=O) groups excluding carboxylic acids is 2. The largest absolute Gasteiger partial charge is 0.467 e. The second kappa shape index (κ2) is 8.13. The molecule has 0 fully saturated rings. The Bertz CT molecular complexity index is 228. The molecule has 1 amide bonds. The molecular weight excluding hydrogens is 206 g/mol. The van der Waals surface area contributed by atoms with Gasteiger partial charge in [-0.25, -0.2) is 4.79 Å². The first-order valence-corrected chi connectivity index (χ1v) is 5.93. The molecular formula is C12H23NO3. The van der Waals surface area contributed by atoms with Crippen LogP contribution in [-0.2, 0) is 14.3 Å². The second-order valence-corrected chi connectivity index (χ2v) is 4.06. The van der Waals surface area contributed by atoms with Gasteiger partial charge in [-0.1, -0.05) is 33.6 Å². The molecule has 0 spiro atoms. The lowest BCUT2D eigenvalue weighted by Gasteiger charge is -2.21. The van der Waals surface area contributed by atoms with Crippen LogP contribution in [0.1, 0.15) is 46.5 Å². The Kier molecular flexibility index (Phi) is 7.60. The Morgan fingerprint density at radius 2 is 1.94 bits per heavy atom. The fourth-order valence-corrected chi connectivity index (χ4v) is 1.38. The number of rotatable bonds is 7. The van der Waals surface area contributed by atoms with Gasteiger partial charge in [0, 0.05) is 6.42 Å². The molecule has 4 nitrogen and oxygen atoms in total. The van der Waals surface area contributed by atoms with Gasteiger partial charge in [0.2, 0.25) is 5.91 Å². The van der Waals surface area contributed by atoms with Gasteiger partial charge >= 0.3 is 5.97 Å². The predicted molar refractivity (Wildman–Crippen MR) is 62.9 cm³/mol. The van der Waals surface area contributed by atoms with Crippen molar-refractivity contribution in [1.82, 2.24) is 5.32 Å². The van der Waals surface area contributed by atoms with Crippen LogP contribution in [-0.4, -0.2) is 25.0 Å². The first-order chi connectivity index (χ1) is 7.56. The number of carbonyl (C=O) groups is 2. The highest BCUT2D eigenvalue weighted by Gasteiger charge is 2.26. The first-order valence-electron chi connectivity index (χ1n) is 5.93. The Hall–Kier alpha value is -1.06. The number of hydrogen-bond acceptors (Lipinski definition) is 3. The lowest BCUT2D eigenvalue weighted by molar-refractivity contribution is -0.146. The van der Waals surface area contributed by atoms with Gasteiger partial charge in [0.1, 0.15) is 6.04 Å². The van der Waals surface area contributed by atoms with Crippen LogP contribution in [0.5, 0.6) is 0 Å². The number of unbranched alkanes of at least 4 members (excludes halogenated alkanes) is 1. The first kappa shape index (κ1) is 14.9. The number of methoxy groups -OCH3 is 1. The van der Waals surface area contributed by atoms with Crippen molar-refractivity contribution in [2.45, 2.75) is 52.5 Å². The van der Waals surface area contributed by atoms with Gasteiger partial charge in [0.15, 0.2) is 0 Å². The Balaban J connectivity index is 4.31. The quantitative estimate of drug-likeness (QED) is 0.678. The van der Waals surface area contributed by atoms with Crippen molar-refractivity contribution in [2.24, 2.45) is 5.92 Å². The van der Waals surface area contributed by atoms with E-state index in [1.807, 2.05) is 20.8 Å². The SMILES string of the molecule is CCCCC(=O)NC(C(=O)OC)C(C)CC. The number of amides is 1. The average Bonchev–Trinajstić information content (AvgIpc) is 2.31. The summed E-state index contributed by atoms with van der Waals surface area (Å²) < 4.78 is 4.69. The molecule has 16 heavy (non-hydrogen) atoms. The van der Waals surface area contributed by atoms with E-state index in [1.165, 1.54) is 7.11 Å². The molecule has 1 N–H and O–H groups in total. The molecule has 0 aliphatic heterocycles. The van der Waals surface area contributed by atoms with Crippen LogP contribution < -0.4 is 5.32 Å². The maximum atomic E-state index is 11.5. The van der Waals surface area contributed by atoms with E-state index in [-0.39, 0.29) is 17.8 Å². The molecule has 2 unspecified atom stereocenters. The minimum absolute atomic E-state index is 0.0717. The summed E-state index contributed by atoms with van der Waals surface area (Å²) in [5.41, 5.74) is 0. The Morgan fingerprint density at radius 1 is 1.31 bits per heavy atom. The maximum Gasteiger partial charge on any atom is 0.328 e. The van der Waals surface area contributed by atoms with Gasteiger partial charge in [0.05, 0.1) is 7.11 Å². The summed E-state index contributed by atoms with van der Waals surface area (Å²) in [6.07, 6.45) is 3.12. The molecule has 0 aliphatic carbocycles. The molecule has 0 aliphatic rings. The third kappa shape index (κ3) is 5.14. The molecule has 0 bridgehead atoms. The van der Waals surface area contributed by atoms with Gasteiger partial charge in [-0.05, 0) is 12.3 Å². The van der Waals surface area contributed by atoms with Gasteiger partial charge in [-0.15, -0.1) is 0 Å². The fourth-order valence-electron chi connectivity index (χ4n) is 1.38. The lowest BCUT2D eigenvalue weighted by Crippen LogP contribution is -2.45. The Labute approximate surface area is 97.7 Å². The summed E-state index contributed by atoms with van der Waals surface area (Å²) in [6, 6.07) is -0.514. The van der Waals surface area contributed by atoms with Crippen molar-refractivity contribution in [3.63, 3.8) is 0 Å². The highest BCUT2D eigenvalue weighted by Crippen LogP contribution is 2.09. The third-order valence-electron chi connectivity index (χ3n) is 2.74. The van der Waals surface area contributed by atoms with E-state index >= 15 is 0 Å². The van der Waals surface area contributed by atoms with E-state index in [1.54, 1.807) is 0 Å². The van der Waals surface area contributed by atoms with Gasteiger partial charge < -0.3 is 10.1 Å². The molecule has 0 aromatic carbocycles. The topological polar surface area (TPSA) is 55.4 Å². The molecule has 0 aromatic rings. The van der Waals surface area contributed by atoms with Crippen LogP contribution in [0, 0.1) is 5.92 Å². The fraction of sp³-hybridized carbons (Fsp3) is 0.833. The maximum absolute atomic E-state index is 11.5. The zero-order valence-electron chi connectivity index (χ0n) is 10.7. The van der Waals surface area contributed by atoms with Crippen molar-refractivity contribution in [3.8, 4) is 0 Å². The molecule has 4 heteroatoms. The van der Waals surface area contributed by atoms with Gasteiger partial charge in [-0.2, -0.15) is 0 Å². The predicted octanol–water partition coefficient (Wildman–Crippen LogP) is 1.88. The van der Waals surface area contributed by atoms with Crippen LogP contribution >= 0.6 is 0 Å². The molecule has 0 saturated heterocycles. The molecule has 0 aromatic heterocycles. The highest BCUT2D eigenvalue weighted by molar-refractivity contribution is 5.84. The summed E-state index contributed by atoms with van der Waals surface area (Å²) in [5, 5.41) is 2.74. The zero-order chi connectivity index (χ0) is 12.6. The summed E-state index contributed by atoms with van der Waals surface area (Å²) >= 11 is 0. The van der Waals surface area contributed by atoms with Crippen molar-refractivity contribution in [1.29, 1.82) is 0 Å². The summed E-state index contributed by atoms with van der Waals surface area (Å²) in [7, 11) is 1.34. The van der Waals surface area contributed by atoms with E-state index in [0.717, 1.165) is 19.3 Å². The summed E-state index contributed by atoms with van der Waals surface area (Å²) in [6.45, 7) is 5.94. The number of nitrogens with one attached hydrogen (secondary N) is 1.